The molecule has 0 aliphatic heterocycles. The molecule has 2 aromatic rings. The van der Waals surface area contributed by atoms with Gasteiger partial charge in [0, 0.05) is 12.6 Å². The number of para-hydroxylation sites is 1. The molecule has 0 aromatic heterocycles. The number of nitrogens with one attached hydrogen (secondary N) is 2. The summed E-state index contributed by atoms with van der Waals surface area (Å²) in [4.78, 5) is 23.3. The molecule has 0 spiro atoms. The van der Waals surface area contributed by atoms with Gasteiger partial charge in [0.25, 0.3) is 0 Å². The molecule has 0 saturated heterocycles. The van der Waals surface area contributed by atoms with Crippen LogP contribution in [0.2, 0.25) is 0 Å². The fourth-order valence-electron chi connectivity index (χ4n) is 2.27. The van der Waals surface area contributed by atoms with Crippen LogP contribution in [0.15, 0.2) is 42.5 Å². The maximum atomic E-state index is 13.7. The topological polar surface area (TPSA) is 95.6 Å². The summed E-state index contributed by atoms with van der Waals surface area (Å²) in [5.41, 5.74) is -0.231. The van der Waals surface area contributed by atoms with Gasteiger partial charge in [0.05, 0.1) is 11.9 Å². The number of benzene rings is 2. The highest BCUT2D eigenvalue weighted by Gasteiger charge is 2.22. The molecule has 0 unspecified atom stereocenters. The lowest BCUT2D eigenvalue weighted by Gasteiger charge is -2.22. The Labute approximate surface area is 155 Å². The molecule has 0 heterocycles. The smallest absolute Gasteiger partial charge is 0.245 e. The average Bonchev–Trinajstić information content (AvgIpc) is 2.55. The minimum Gasteiger partial charge on any atom is -0.326 e. The Balaban J connectivity index is 2.28. The highest BCUT2D eigenvalue weighted by atomic mass is 32.2. The Kier molecular flexibility index (Phi) is 6.11. The van der Waals surface area contributed by atoms with Crippen LogP contribution in [0.3, 0.4) is 0 Å². The Morgan fingerprint density at radius 1 is 1.04 bits per heavy atom. The Morgan fingerprint density at radius 2 is 1.63 bits per heavy atom. The first kappa shape index (κ1) is 20.3. The van der Waals surface area contributed by atoms with Gasteiger partial charge in [-0.25, -0.2) is 17.2 Å². The van der Waals surface area contributed by atoms with E-state index < -0.39 is 39.8 Å². The fourth-order valence-corrected chi connectivity index (χ4v) is 3.12. The van der Waals surface area contributed by atoms with Crippen molar-refractivity contribution in [2.75, 3.05) is 27.7 Å². The van der Waals surface area contributed by atoms with Crippen LogP contribution in [-0.2, 0) is 19.6 Å². The highest BCUT2D eigenvalue weighted by Crippen LogP contribution is 2.23. The minimum absolute atomic E-state index is 0.105. The predicted octanol–water partition coefficient (Wildman–Crippen LogP) is 2.33. The van der Waals surface area contributed by atoms with Gasteiger partial charge < -0.3 is 10.6 Å². The van der Waals surface area contributed by atoms with Crippen molar-refractivity contribution in [3.8, 4) is 0 Å². The first-order valence-electron chi connectivity index (χ1n) is 7.67. The second-order valence-electron chi connectivity index (χ2n) is 5.65. The van der Waals surface area contributed by atoms with Crippen molar-refractivity contribution in [2.45, 2.75) is 6.92 Å². The maximum Gasteiger partial charge on any atom is 0.245 e. The molecule has 144 valence electrons. The third-order valence-corrected chi connectivity index (χ3v) is 4.51. The van der Waals surface area contributed by atoms with Crippen LogP contribution in [0.4, 0.5) is 25.8 Å². The van der Waals surface area contributed by atoms with E-state index >= 15 is 0 Å². The van der Waals surface area contributed by atoms with E-state index in [1.807, 2.05) is 5.32 Å². The molecule has 0 saturated carbocycles. The lowest BCUT2D eigenvalue weighted by molar-refractivity contribution is -0.115. The maximum absolute atomic E-state index is 13.7. The number of hydrogen-bond donors (Lipinski definition) is 2. The lowest BCUT2D eigenvalue weighted by atomic mass is 10.2. The highest BCUT2D eigenvalue weighted by molar-refractivity contribution is 7.92. The van der Waals surface area contributed by atoms with Gasteiger partial charge in [0.2, 0.25) is 21.8 Å². The van der Waals surface area contributed by atoms with Gasteiger partial charge in [-0.05, 0) is 30.3 Å². The first-order chi connectivity index (χ1) is 12.6. The van der Waals surface area contributed by atoms with Gasteiger partial charge in [-0.2, -0.15) is 0 Å². The van der Waals surface area contributed by atoms with Crippen molar-refractivity contribution in [1.29, 1.82) is 0 Å². The molecule has 10 heteroatoms. The summed E-state index contributed by atoms with van der Waals surface area (Å²) < 4.78 is 52.3. The van der Waals surface area contributed by atoms with Crippen LogP contribution in [0.1, 0.15) is 6.92 Å². The van der Waals surface area contributed by atoms with E-state index in [4.69, 9.17) is 0 Å². The van der Waals surface area contributed by atoms with Gasteiger partial charge in [0.15, 0.2) is 0 Å². The Morgan fingerprint density at radius 3 is 2.19 bits per heavy atom. The molecule has 0 radical (unpaired) electrons. The summed E-state index contributed by atoms with van der Waals surface area (Å²) in [7, 11) is -3.90. The number of rotatable bonds is 6. The van der Waals surface area contributed by atoms with Gasteiger partial charge >= 0.3 is 0 Å². The van der Waals surface area contributed by atoms with Crippen molar-refractivity contribution in [3.05, 3.63) is 54.1 Å². The van der Waals surface area contributed by atoms with Crippen LogP contribution in [0.25, 0.3) is 0 Å². The van der Waals surface area contributed by atoms with Gasteiger partial charge in [-0.1, -0.05) is 12.1 Å². The molecule has 27 heavy (non-hydrogen) atoms. The SMILES string of the molecule is CC(=O)Nc1cccc(N(CC(=O)Nc2c(F)cccc2F)S(C)(=O)=O)c1. The van der Waals surface area contributed by atoms with Crippen molar-refractivity contribution >= 4 is 38.9 Å². The van der Waals surface area contributed by atoms with E-state index in [9.17, 15) is 26.8 Å². The standard InChI is InChI=1S/C17H17F2N3O4S/c1-11(23)20-12-5-3-6-13(9-12)22(27(2,25)26)10-16(24)21-17-14(18)7-4-8-15(17)19/h3-9H,10H2,1-2H3,(H,20,23)(H,21,24). The quantitative estimate of drug-likeness (QED) is 0.782. The Hall–Kier alpha value is -3.01. The lowest BCUT2D eigenvalue weighted by Crippen LogP contribution is -2.37. The molecule has 2 N–H and O–H groups in total. The zero-order valence-electron chi connectivity index (χ0n) is 14.5. The third-order valence-electron chi connectivity index (χ3n) is 3.37. The summed E-state index contributed by atoms with van der Waals surface area (Å²) >= 11 is 0. The monoisotopic (exact) mass is 397 g/mol. The van der Waals surface area contributed by atoms with Gasteiger partial charge in [-0.3, -0.25) is 13.9 Å². The van der Waals surface area contributed by atoms with Crippen LogP contribution >= 0.6 is 0 Å². The minimum atomic E-state index is -3.90. The number of nitrogens with zero attached hydrogens (tertiary/aromatic N) is 1. The summed E-state index contributed by atoms with van der Waals surface area (Å²) in [6, 6.07) is 8.88. The van der Waals surface area contributed by atoms with Crippen LogP contribution in [0.5, 0.6) is 0 Å². The predicted molar refractivity (Wildman–Crippen MR) is 97.9 cm³/mol. The van der Waals surface area contributed by atoms with Crippen LogP contribution < -0.4 is 14.9 Å². The zero-order valence-corrected chi connectivity index (χ0v) is 15.3. The van der Waals surface area contributed by atoms with Crippen LogP contribution in [0, 0.1) is 11.6 Å². The van der Waals surface area contributed by atoms with E-state index in [1.54, 1.807) is 6.07 Å². The van der Waals surface area contributed by atoms with Crippen molar-refractivity contribution in [2.24, 2.45) is 0 Å². The average molecular weight is 397 g/mol. The van der Waals surface area contributed by atoms with Gasteiger partial charge in [0.1, 0.15) is 23.9 Å². The zero-order chi connectivity index (χ0) is 20.2. The van der Waals surface area contributed by atoms with Crippen molar-refractivity contribution in [3.63, 3.8) is 0 Å². The number of hydrogen-bond acceptors (Lipinski definition) is 4. The third kappa shape index (κ3) is 5.48. The molecule has 0 bridgehead atoms. The van der Waals surface area contributed by atoms with E-state index in [0.29, 0.717) is 5.69 Å². The van der Waals surface area contributed by atoms with E-state index in [2.05, 4.69) is 5.32 Å². The number of anilines is 3. The van der Waals surface area contributed by atoms with Crippen molar-refractivity contribution in [1.82, 2.24) is 0 Å². The molecule has 7 nitrogen and oxygen atoms in total. The van der Waals surface area contributed by atoms with Crippen LogP contribution in [-0.4, -0.2) is 33.0 Å². The van der Waals surface area contributed by atoms with Gasteiger partial charge in [-0.15, -0.1) is 0 Å². The summed E-state index contributed by atoms with van der Waals surface area (Å²) in [6.45, 7) is 0.577. The summed E-state index contributed by atoms with van der Waals surface area (Å²) in [6.07, 6.45) is 0.884. The second-order valence-corrected chi connectivity index (χ2v) is 7.55. The molecular formula is C17H17F2N3O4S. The molecule has 2 amide bonds. The molecule has 0 aliphatic rings. The van der Waals surface area contributed by atoms with E-state index in [1.165, 1.54) is 25.1 Å². The Bertz CT molecular complexity index is 960. The number of amides is 2. The molecule has 0 atom stereocenters. The number of halogens is 2. The molecular weight excluding hydrogens is 380 g/mol. The largest absolute Gasteiger partial charge is 0.326 e. The molecule has 2 rings (SSSR count). The molecule has 0 aliphatic carbocycles. The number of sulfonamides is 1. The van der Waals surface area contributed by atoms with Crippen molar-refractivity contribution < 1.29 is 26.8 Å². The van der Waals surface area contributed by atoms with E-state index in [0.717, 1.165) is 28.8 Å². The first-order valence-corrected chi connectivity index (χ1v) is 9.52. The molecule has 0 fully saturated rings. The summed E-state index contributed by atoms with van der Waals surface area (Å²) in [5.74, 6) is -3.26. The second kappa shape index (κ2) is 8.12. The number of carbonyl (C=O) groups is 2. The summed E-state index contributed by atoms with van der Waals surface area (Å²) in [5, 5.41) is 4.53. The van der Waals surface area contributed by atoms with E-state index in [-0.39, 0.29) is 11.6 Å². The molecule has 2 aromatic carbocycles. The number of carbonyl (C=O) groups excluding carboxylic acids is 2. The fraction of sp³-hybridized carbons (Fsp3) is 0.176. The normalized spacial score (nSPS) is 11.0.